The zero-order valence-electron chi connectivity index (χ0n) is 12.2. The summed E-state index contributed by atoms with van der Waals surface area (Å²) in [7, 11) is 0. The highest BCUT2D eigenvalue weighted by Crippen LogP contribution is 2.22. The van der Waals surface area contributed by atoms with E-state index in [2.05, 4.69) is 26.8 Å². The van der Waals surface area contributed by atoms with Gasteiger partial charge in [-0.15, -0.1) is 0 Å². The van der Waals surface area contributed by atoms with Crippen LogP contribution in [-0.2, 0) is 9.53 Å². The van der Waals surface area contributed by atoms with Gasteiger partial charge in [0.15, 0.2) is 0 Å². The summed E-state index contributed by atoms with van der Waals surface area (Å²) in [5, 5.41) is 0. The van der Waals surface area contributed by atoms with Gasteiger partial charge < -0.3 is 9.64 Å². The predicted molar refractivity (Wildman–Crippen MR) is 74.2 cm³/mol. The molecule has 0 aromatic rings. The van der Waals surface area contributed by atoms with Gasteiger partial charge in [-0.25, -0.2) is 0 Å². The molecule has 1 saturated heterocycles. The minimum absolute atomic E-state index is 0.0131. The van der Waals surface area contributed by atoms with E-state index in [4.69, 9.17) is 4.74 Å². The molecule has 1 amide bonds. The maximum atomic E-state index is 11.7. The molecule has 1 heterocycles. The Kier molecular flexibility index (Phi) is 6.41. The standard InChI is InChI=1S/C15H27NO2/c1-5-14(17)16-9-10-18-15(16)11-13(4)8-6-7-12(2)3/h7,13,15H,5-6,8-11H2,1-4H3/t13-,15-/m0/s1. The van der Waals surface area contributed by atoms with Crippen molar-refractivity contribution >= 4 is 5.91 Å². The van der Waals surface area contributed by atoms with E-state index in [1.165, 1.54) is 12.0 Å². The van der Waals surface area contributed by atoms with Gasteiger partial charge in [-0.05, 0) is 39.0 Å². The molecular weight excluding hydrogens is 226 g/mol. The first-order valence-electron chi connectivity index (χ1n) is 7.09. The highest BCUT2D eigenvalue weighted by Gasteiger charge is 2.29. The Bertz CT molecular complexity index is 295. The van der Waals surface area contributed by atoms with Crippen LogP contribution >= 0.6 is 0 Å². The summed E-state index contributed by atoms with van der Waals surface area (Å²) in [6.07, 6.45) is 6.12. The fourth-order valence-corrected chi connectivity index (χ4v) is 2.32. The van der Waals surface area contributed by atoms with Crippen LogP contribution in [0.5, 0.6) is 0 Å². The molecule has 0 unspecified atom stereocenters. The Morgan fingerprint density at radius 3 is 2.83 bits per heavy atom. The van der Waals surface area contributed by atoms with Crippen LogP contribution in [0.2, 0.25) is 0 Å². The molecule has 0 N–H and O–H groups in total. The van der Waals surface area contributed by atoms with Crippen molar-refractivity contribution in [1.29, 1.82) is 0 Å². The van der Waals surface area contributed by atoms with Crippen LogP contribution in [-0.4, -0.2) is 30.2 Å². The van der Waals surface area contributed by atoms with Crippen molar-refractivity contribution in [3.05, 3.63) is 11.6 Å². The smallest absolute Gasteiger partial charge is 0.224 e. The maximum absolute atomic E-state index is 11.7. The van der Waals surface area contributed by atoms with Gasteiger partial charge in [0.1, 0.15) is 6.23 Å². The van der Waals surface area contributed by atoms with E-state index in [9.17, 15) is 4.79 Å². The highest BCUT2D eigenvalue weighted by molar-refractivity contribution is 5.76. The second-order valence-electron chi connectivity index (χ2n) is 5.47. The lowest BCUT2D eigenvalue weighted by Gasteiger charge is -2.25. The van der Waals surface area contributed by atoms with E-state index >= 15 is 0 Å². The third-order valence-corrected chi connectivity index (χ3v) is 3.43. The Balaban J connectivity index is 2.36. The molecule has 1 rings (SSSR count). The molecule has 3 nitrogen and oxygen atoms in total. The number of amides is 1. The molecule has 18 heavy (non-hydrogen) atoms. The molecule has 0 bridgehead atoms. The summed E-state index contributed by atoms with van der Waals surface area (Å²) in [6, 6.07) is 0. The van der Waals surface area contributed by atoms with Crippen molar-refractivity contribution < 1.29 is 9.53 Å². The fraction of sp³-hybridized carbons (Fsp3) is 0.800. The summed E-state index contributed by atoms with van der Waals surface area (Å²) in [5.74, 6) is 0.810. The molecule has 104 valence electrons. The van der Waals surface area contributed by atoms with E-state index in [-0.39, 0.29) is 12.1 Å². The first kappa shape index (κ1) is 15.2. The third-order valence-electron chi connectivity index (χ3n) is 3.43. The molecule has 0 aromatic carbocycles. The van der Waals surface area contributed by atoms with Gasteiger partial charge in [0, 0.05) is 13.0 Å². The van der Waals surface area contributed by atoms with Gasteiger partial charge in [0.2, 0.25) is 5.91 Å². The molecule has 0 aromatic heterocycles. The van der Waals surface area contributed by atoms with Gasteiger partial charge in [0.05, 0.1) is 6.61 Å². The van der Waals surface area contributed by atoms with E-state index in [0.29, 0.717) is 18.9 Å². The topological polar surface area (TPSA) is 29.5 Å². The van der Waals surface area contributed by atoms with Crippen LogP contribution in [0.1, 0.15) is 53.4 Å². The Hall–Kier alpha value is -0.830. The number of ether oxygens (including phenoxy) is 1. The van der Waals surface area contributed by atoms with E-state index in [1.54, 1.807) is 0 Å². The zero-order valence-corrected chi connectivity index (χ0v) is 12.2. The number of nitrogens with zero attached hydrogens (tertiary/aromatic N) is 1. The monoisotopic (exact) mass is 253 g/mol. The van der Waals surface area contributed by atoms with Crippen LogP contribution in [0.25, 0.3) is 0 Å². The first-order valence-corrected chi connectivity index (χ1v) is 7.09. The van der Waals surface area contributed by atoms with Crippen molar-refractivity contribution in [2.24, 2.45) is 5.92 Å². The Labute approximate surface area is 111 Å². The predicted octanol–water partition coefficient (Wildman–Crippen LogP) is 3.35. The van der Waals surface area contributed by atoms with E-state index < -0.39 is 0 Å². The third kappa shape index (κ3) is 4.81. The van der Waals surface area contributed by atoms with Crippen molar-refractivity contribution in [2.45, 2.75) is 59.6 Å². The number of rotatable bonds is 6. The van der Waals surface area contributed by atoms with Gasteiger partial charge in [-0.3, -0.25) is 4.79 Å². The lowest BCUT2D eigenvalue weighted by Crippen LogP contribution is -2.36. The number of carbonyl (C=O) groups excluding carboxylic acids is 1. The number of hydrogen-bond acceptors (Lipinski definition) is 2. The Morgan fingerprint density at radius 2 is 2.22 bits per heavy atom. The van der Waals surface area contributed by atoms with Crippen LogP contribution in [0.3, 0.4) is 0 Å². The summed E-state index contributed by atoms with van der Waals surface area (Å²) in [4.78, 5) is 13.6. The van der Waals surface area contributed by atoms with Crippen molar-refractivity contribution in [3.8, 4) is 0 Å². The van der Waals surface area contributed by atoms with E-state index in [1.807, 2.05) is 11.8 Å². The minimum Gasteiger partial charge on any atom is -0.356 e. The van der Waals surface area contributed by atoms with Crippen molar-refractivity contribution in [2.75, 3.05) is 13.2 Å². The molecule has 2 atom stereocenters. The zero-order chi connectivity index (χ0) is 13.5. The molecule has 1 aliphatic rings. The highest BCUT2D eigenvalue weighted by atomic mass is 16.5. The second-order valence-corrected chi connectivity index (χ2v) is 5.47. The van der Waals surface area contributed by atoms with Crippen molar-refractivity contribution in [3.63, 3.8) is 0 Å². The van der Waals surface area contributed by atoms with E-state index in [0.717, 1.165) is 19.4 Å². The van der Waals surface area contributed by atoms with Crippen molar-refractivity contribution in [1.82, 2.24) is 4.90 Å². The lowest BCUT2D eigenvalue weighted by atomic mass is 9.99. The van der Waals surface area contributed by atoms with Crippen LogP contribution in [0.15, 0.2) is 11.6 Å². The van der Waals surface area contributed by atoms with Crippen LogP contribution in [0, 0.1) is 5.92 Å². The lowest BCUT2D eigenvalue weighted by molar-refractivity contribution is -0.136. The Morgan fingerprint density at radius 1 is 1.50 bits per heavy atom. The average Bonchev–Trinajstić information content (AvgIpc) is 2.75. The number of allylic oxidation sites excluding steroid dienone is 2. The number of carbonyl (C=O) groups is 1. The van der Waals surface area contributed by atoms with Crippen LogP contribution < -0.4 is 0 Å². The first-order chi connectivity index (χ1) is 8.54. The molecular formula is C15H27NO2. The summed E-state index contributed by atoms with van der Waals surface area (Å²) >= 11 is 0. The molecule has 0 radical (unpaired) electrons. The summed E-state index contributed by atoms with van der Waals surface area (Å²) in [5.41, 5.74) is 1.38. The fourth-order valence-electron chi connectivity index (χ4n) is 2.32. The second kappa shape index (κ2) is 7.57. The largest absolute Gasteiger partial charge is 0.356 e. The normalized spacial score (nSPS) is 20.9. The molecule has 0 saturated carbocycles. The van der Waals surface area contributed by atoms with Gasteiger partial charge in [-0.1, -0.05) is 25.5 Å². The van der Waals surface area contributed by atoms with Gasteiger partial charge >= 0.3 is 0 Å². The molecule has 1 aliphatic heterocycles. The summed E-state index contributed by atoms with van der Waals surface area (Å²) < 4.78 is 5.68. The van der Waals surface area contributed by atoms with Gasteiger partial charge in [-0.2, -0.15) is 0 Å². The molecule has 3 heteroatoms. The van der Waals surface area contributed by atoms with Gasteiger partial charge in [0.25, 0.3) is 0 Å². The van der Waals surface area contributed by atoms with Crippen LogP contribution in [0.4, 0.5) is 0 Å². The number of hydrogen-bond donors (Lipinski definition) is 0. The summed E-state index contributed by atoms with van der Waals surface area (Å²) in [6.45, 7) is 9.87. The molecule has 0 spiro atoms. The maximum Gasteiger partial charge on any atom is 0.224 e. The molecule has 0 aliphatic carbocycles. The average molecular weight is 253 g/mol. The minimum atomic E-state index is 0.0131. The quantitative estimate of drug-likeness (QED) is 0.679. The molecule has 1 fully saturated rings. The SMILES string of the molecule is CCC(=O)N1CCO[C@H]1C[C@@H](C)CCC=C(C)C.